The second-order valence-corrected chi connectivity index (χ2v) is 7.26. The highest BCUT2D eigenvalue weighted by molar-refractivity contribution is 6.08. The number of aliphatic hydroxyl groups is 1. The molecule has 0 radical (unpaired) electrons. The maximum absolute atomic E-state index is 13.2. The molecule has 3 amide bonds. The largest absolute Gasteiger partial charge is 0.387 e. The van der Waals surface area contributed by atoms with Crippen LogP contribution in [0.1, 0.15) is 18.1 Å². The number of nitrogens with zero attached hydrogens (tertiary/aromatic N) is 1. The standard InChI is InChI=1S/C19H18F2N2O4/c20-12-4-3-9(6-13(12)21)14(24)7-22-15(25)8-23-18(26)16-10-1-2-11(5-10)17(16)19(23)27/h1-4,6,10-11,14,16-17,24H,5,7-8H2,(H,22,25)/t10-,11-,14-,16+,17+/m0/s1. The van der Waals surface area contributed by atoms with Gasteiger partial charge < -0.3 is 10.4 Å². The number of aliphatic hydroxyl groups excluding tert-OH is 1. The summed E-state index contributed by atoms with van der Waals surface area (Å²) in [5, 5.41) is 12.4. The number of hydrogen-bond acceptors (Lipinski definition) is 4. The molecule has 6 nitrogen and oxygen atoms in total. The normalized spacial score (nSPS) is 29.4. The van der Waals surface area contributed by atoms with Gasteiger partial charge in [-0.3, -0.25) is 19.3 Å². The van der Waals surface area contributed by atoms with E-state index in [2.05, 4.69) is 5.32 Å². The molecule has 1 aromatic rings. The van der Waals surface area contributed by atoms with Gasteiger partial charge in [-0.1, -0.05) is 18.2 Å². The van der Waals surface area contributed by atoms with Gasteiger partial charge in [0.2, 0.25) is 17.7 Å². The first-order valence-electron chi connectivity index (χ1n) is 8.80. The van der Waals surface area contributed by atoms with Gasteiger partial charge in [-0.2, -0.15) is 0 Å². The first-order valence-corrected chi connectivity index (χ1v) is 8.80. The van der Waals surface area contributed by atoms with Gasteiger partial charge in [0.05, 0.1) is 17.9 Å². The Kier molecular flexibility index (Phi) is 4.30. The van der Waals surface area contributed by atoms with Crippen LogP contribution in [-0.2, 0) is 14.4 Å². The number of carbonyl (C=O) groups is 3. The molecule has 0 unspecified atom stereocenters. The fourth-order valence-electron chi connectivity index (χ4n) is 4.37. The predicted molar refractivity (Wildman–Crippen MR) is 88.8 cm³/mol. The van der Waals surface area contributed by atoms with Crippen molar-refractivity contribution in [3.05, 3.63) is 47.5 Å². The molecule has 2 fully saturated rings. The molecule has 2 bridgehead atoms. The summed E-state index contributed by atoms with van der Waals surface area (Å²) < 4.78 is 26.1. The number of allylic oxidation sites excluding steroid dienone is 2. The van der Waals surface area contributed by atoms with E-state index in [-0.39, 0.29) is 47.6 Å². The van der Waals surface area contributed by atoms with Crippen LogP contribution in [0.5, 0.6) is 0 Å². The second-order valence-electron chi connectivity index (χ2n) is 7.26. The van der Waals surface area contributed by atoms with Crippen molar-refractivity contribution >= 4 is 17.7 Å². The zero-order valence-corrected chi connectivity index (χ0v) is 14.3. The molecule has 27 heavy (non-hydrogen) atoms. The molecular formula is C19H18F2N2O4. The molecule has 8 heteroatoms. The summed E-state index contributed by atoms with van der Waals surface area (Å²) in [7, 11) is 0. The van der Waals surface area contributed by atoms with Crippen LogP contribution in [0.2, 0.25) is 0 Å². The zero-order chi connectivity index (χ0) is 19.3. The molecule has 4 rings (SSSR count). The monoisotopic (exact) mass is 376 g/mol. The molecule has 1 saturated carbocycles. The van der Waals surface area contributed by atoms with Gasteiger partial charge >= 0.3 is 0 Å². The van der Waals surface area contributed by atoms with Gasteiger partial charge in [0.1, 0.15) is 6.54 Å². The number of carbonyl (C=O) groups excluding carboxylic acids is 3. The van der Waals surface area contributed by atoms with E-state index in [0.29, 0.717) is 0 Å². The van der Waals surface area contributed by atoms with Crippen molar-refractivity contribution in [3.63, 3.8) is 0 Å². The van der Waals surface area contributed by atoms with E-state index in [0.717, 1.165) is 23.5 Å². The van der Waals surface area contributed by atoms with Crippen molar-refractivity contribution in [1.29, 1.82) is 0 Å². The highest BCUT2D eigenvalue weighted by Gasteiger charge is 2.59. The van der Waals surface area contributed by atoms with Crippen LogP contribution in [0.4, 0.5) is 8.78 Å². The quantitative estimate of drug-likeness (QED) is 0.591. The number of amides is 3. The van der Waals surface area contributed by atoms with Gasteiger partial charge in [0, 0.05) is 6.54 Å². The fourth-order valence-corrected chi connectivity index (χ4v) is 4.37. The third kappa shape index (κ3) is 2.93. The van der Waals surface area contributed by atoms with Crippen LogP contribution >= 0.6 is 0 Å². The van der Waals surface area contributed by atoms with Crippen molar-refractivity contribution in [2.45, 2.75) is 12.5 Å². The van der Waals surface area contributed by atoms with Crippen LogP contribution in [0.3, 0.4) is 0 Å². The Hall–Kier alpha value is -2.61. The van der Waals surface area contributed by atoms with Gasteiger partial charge in [-0.05, 0) is 36.0 Å². The number of halogens is 2. The molecule has 1 aromatic carbocycles. The average Bonchev–Trinajstić information content (AvgIpc) is 3.32. The molecule has 0 aromatic heterocycles. The minimum atomic E-state index is -1.24. The number of benzene rings is 1. The molecule has 3 aliphatic rings. The lowest BCUT2D eigenvalue weighted by Gasteiger charge is -2.18. The van der Waals surface area contributed by atoms with Crippen LogP contribution < -0.4 is 5.32 Å². The van der Waals surface area contributed by atoms with E-state index in [1.807, 2.05) is 12.2 Å². The molecular weight excluding hydrogens is 358 g/mol. The fraction of sp³-hybridized carbons (Fsp3) is 0.421. The lowest BCUT2D eigenvalue weighted by atomic mass is 9.85. The van der Waals surface area contributed by atoms with E-state index in [9.17, 15) is 28.3 Å². The van der Waals surface area contributed by atoms with Crippen molar-refractivity contribution in [3.8, 4) is 0 Å². The van der Waals surface area contributed by atoms with E-state index in [4.69, 9.17) is 0 Å². The summed E-state index contributed by atoms with van der Waals surface area (Å²) >= 11 is 0. The highest BCUT2D eigenvalue weighted by atomic mass is 19.2. The summed E-state index contributed by atoms with van der Waals surface area (Å²) in [5.41, 5.74) is 0.111. The first-order chi connectivity index (χ1) is 12.9. The summed E-state index contributed by atoms with van der Waals surface area (Å²) in [6, 6.07) is 2.95. The summed E-state index contributed by atoms with van der Waals surface area (Å²) in [6.07, 6.45) is 3.51. The lowest BCUT2D eigenvalue weighted by Crippen LogP contribution is -2.42. The topological polar surface area (TPSA) is 86.7 Å². The van der Waals surface area contributed by atoms with E-state index < -0.39 is 30.2 Å². The first kappa shape index (κ1) is 17.8. The number of likely N-dealkylation sites (tertiary alicyclic amines) is 1. The Balaban J connectivity index is 1.34. The Morgan fingerprint density at radius 1 is 1.15 bits per heavy atom. The number of fused-ring (bicyclic) bond motifs is 5. The van der Waals surface area contributed by atoms with E-state index in [1.54, 1.807) is 0 Å². The SMILES string of the molecule is O=C(CN1C(=O)[C@H]2[C@H](C1=O)[C@H]1C=C[C@H]2C1)NC[C@H](O)c1ccc(F)c(F)c1. The Bertz CT molecular complexity index is 826. The molecule has 142 valence electrons. The van der Waals surface area contributed by atoms with Gasteiger partial charge in [0.25, 0.3) is 0 Å². The van der Waals surface area contributed by atoms with Gasteiger partial charge in [0.15, 0.2) is 11.6 Å². The van der Waals surface area contributed by atoms with Crippen molar-refractivity contribution in [2.24, 2.45) is 23.7 Å². The molecule has 1 saturated heterocycles. The lowest BCUT2D eigenvalue weighted by molar-refractivity contribution is -0.144. The number of hydrogen-bond donors (Lipinski definition) is 2. The number of nitrogens with one attached hydrogen (secondary N) is 1. The van der Waals surface area contributed by atoms with Crippen molar-refractivity contribution in [1.82, 2.24) is 10.2 Å². The van der Waals surface area contributed by atoms with E-state index >= 15 is 0 Å². The highest BCUT2D eigenvalue weighted by Crippen LogP contribution is 2.52. The maximum Gasteiger partial charge on any atom is 0.240 e. The number of imide groups is 1. The molecule has 2 N–H and O–H groups in total. The van der Waals surface area contributed by atoms with Crippen LogP contribution in [-0.4, -0.2) is 40.8 Å². The maximum atomic E-state index is 13.2. The molecule has 5 atom stereocenters. The molecule has 1 heterocycles. The second kappa shape index (κ2) is 6.53. The summed E-state index contributed by atoms with van der Waals surface area (Å²) in [4.78, 5) is 38.1. The molecule has 0 spiro atoms. The third-order valence-corrected chi connectivity index (χ3v) is 5.68. The van der Waals surface area contributed by atoms with Gasteiger partial charge in [-0.15, -0.1) is 0 Å². The number of rotatable bonds is 5. The minimum absolute atomic E-state index is 0.0692. The Morgan fingerprint density at radius 2 is 1.78 bits per heavy atom. The summed E-state index contributed by atoms with van der Waals surface area (Å²) in [6.45, 7) is -0.658. The Morgan fingerprint density at radius 3 is 2.37 bits per heavy atom. The average molecular weight is 376 g/mol. The molecule has 1 aliphatic heterocycles. The third-order valence-electron chi connectivity index (χ3n) is 5.68. The van der Waals surface area contributed by atoms with Crippen molar-refractivity contribution in [2.75, 3.05) is 13.1 Å². The van der Waals surface area contributed by atoms with Crippen LogP contribution in [0.25, 0.3) is 0 Å². The van der Waals surface area contributed by atoms with Gasteiger partial charge in [-0.25, -0.2) is 8.78 Å². The smallest absolute Gasteiger partial charge is 0.240 e. The van der Waals surface area contributed by atoms with Crippen LogP contribution in [0, 0.1) is 35.3 Å². The van der Waals surface area contributed by atoms with Crippen molar-refractivity contribution < 1.29 is 28.3 Å². The predicted octanol–water partition coefficient (Wildman–Crippen LogP) is 0.922. The minimum Gasteiger partial charge on any atom is -0.387 e. The summed E-state index contributed by atoms with van der Waals surface area (Å²) in [5.74, 6) is -3.97. The zero-order valence-electron chi connectivity index (χ0n) is 14.3. The Labute approximate surface area is 153 Å². The van der Waals surface area contributed by atoms with Crippen LogP contribution in [0.15, 0.2) is 30.4 Å². The molecule has 2 aliphatic carbocycles. The van der Waals surface area contributed by atoms with E-state index in [1.165, 1.54) is 6.07 Å².